The van der Waals surface area contributed by atoms with Crippen LogP contribution in [0.1, 0.15) is 142 Å². The number of unbranched alkanes of at least 4 members (excludes halogenated alkanes) is 16. The van der Waals surface area contributed by atoms with Crippen molar-refractivity contribution in [3.05, 3.63) is 0 Å². The summed E-state index contributed by atoms with van der Waals surface area (Å²) in [7, 11) is -1.50. The van der Waals surface area contributed by atoms with Crippen LogP contribution in [-0.2, 0) is 13.0 Å². The van der Waals surface area contributed by atoms with Crippen molar-refractivity contribution in [3.8, 4) is 0 Å². The fourth-order valence-electron chi connectivity index (χ4n) is 3.63. The van der Waals surface area contributed by atoms with Crippen molar-refractivity contribution < 1.29 is 13.0 Å². The summed E-state index contributed by atoms with van der Waals surface area (Å²) in [5.41, 5.74) is -0.341. The van der Waals surface area contributed by atoms with Crippen LogP contribution in [0.3, 0.4) is 0 Å². The van der Waals surface area contributed by atoms with Gasteiger partial charge < -0.3 is 0 Å². The Bertz CT molecular complexity index is 324. The standard InChI is InChI=1S/C24H51O3PS3/c1-3-5-7-9-11-13-15-17-19-21-23(29)25-28(27-31)26-24(30)22-20-18-16-14-12-10-8-6-4-2/h23-24,29-31H,3-22H2,1-2H3. The van der Waals surface area contributed by atoms with E-state index in [-0.39, 0.29) is 10.9 Å². The first kappa shape index (κ1) is 32.4. The third kappa shape index (κ3) is 24.3. The molecule has 0 spiro atoms. The van der Waals surface area contributed by atoms with Crippen molar-refractivity contribution >= 4 is 46.8 Å². The predicted molar refractivity (Wildman–Crippen MR) is 148 cm³/mol. The lowest BCUT2D eigenvalue weighted by Crippen LogP contribution is -2.07. The van der Waals surface area contributed by atoms with E-state index in [9.17, 15) is 0 Å². The van der Waals surface area contributed by atoms with Crippen LogP contribution in [0.5, 0.6) is 0 Å². The zero-order chi connectivity index (χ0) is 23.0. The lowest BCUT2D eigenvalue weighted by atomic mass is 10.1. The molecule has 3 nitrogen and oxygen atoms in total. The summed E-state index contributed by atoms with van der Waals surface area (Å²) >= 11 is 13.0. The molecule has 0 aliphatic rings. The largest absolute Gasteiger partial charge is 0.346 e. The molecule has 0 fully saturated rings. The maximum atomic E-state index is 5.79. The Morgan fingerprint density at radius 3 is 1.10 bits per heavy atom. The van der Waals surface area contributed by atoms with Crippen LogP contribution in [0.25, 0.3) is 0 Å². The van der Waals surface area contributed by atoms with Crippen molar-refractivity contribution in [3.63, 3.8) is 0 Å². The van der Waals surface area contributed by atoms with Gasteiger partial charge in [0.1, 0.15) is 10.9 Å². The quantitative estimate of drug-likeness (QED) is 0.0372. The van der Waals surface area contributed by atoms with E-state index in [2.05, 4.69) is 52.0 Å². The van der Waals surface area contributed by atoms with Crippen LogP contribution in [0.15, 0.2) is 0 Å². The normalized spacial score (nSPS) is 14.6. The molecule has 0 aliphatic carbocycles. The molecule has 0 saturated carbocycles. The lowest BCUT2D eigenvalue weighted by molar-refractivity contribution is 0.179. The number of rotatable bonds is 25. The summed E-state index contributed by atoms with van der Waals surface area (Å²) in [6, 6.07) is 0. The van der Waals surface area contributed by atoms with Gasteiger partial charge in [-0.1, -0.05) is 117 Å². The van der Waals surface area contributed by atoms with Gasteiger partial charge in [0.15, 0.2) is 0 Å². The Labute approximate surface area is 212 Å². The molecule has 0 saturated heterocycles. The Morgan fingerprint density at radius 1 is 0.516 bits per heavy atom. The predicted octanol–water partition coefficient (Wildman–Crippen LogP) is 10.5. The summed E-state index contributed by atoms with van der Waals surface area (Å²) in [6.45, 7) is 4.53. The summed E-state index contributed by atoms with van der Waals surface area (Å²) in [5, 5.41) is 0. The maximum absolute atomic E-state index is 5.79. The van der Waals surface area contributed by atoms with Crippen molar-refractivity contribution in [2.24, 2.45) is 0 Å². The Morgan fingerprint density at radius 2 is 0.806 bits per heavy atom. The maximum Gasteiger partial charge on any atom is 0.346 e. The van der Waals surface area contributed by atoms with Crippen LogP contribution in [0.4, 0.5) is 0 Å². The molecule has 0 radical (unpaired) electrons. The highest BCUT2D eigenvalue weighted by atomic mass is 32.1. The highest BCUT2D eigenvalue weighted by molar-refractivity contribution is 7.82. The Hall–Kier alpha value is 1.36. The van der Waals surface area contributed by atoms with Crippen molar-refractivity contribution in [2.45, 2.75) is 153 Å². The number of thiol groups is 3. The average molecular weight is 515 g/mol. The van der Waals surface area contributed by atoms with E-state index < -0.39 is 8.60 Å². The first-order chi connectivity index (χ1) is 15.1. The molecule has 0 aromatic heterocycles. The first-order valence-corrected chi connectivity index (χ1v) is 15.4. The third-order valence-corrected chi connectivity index (χ3v) is 8.04. The molecule has 0 N–H and O–H groups in total. The van der Waals surface area contributed by atoms with Gasteiger partial charge in [-0.05, 0) is 38.6 Å². The second-order valence-corrected chi connectivity index (χ2v) is 11.3. The molecule has 2 unspecified atom stereocenters. The molecule has 188 valence electrons. The van der Waals surface area contributed by atoms with Gasteiger partial charge in [0.25, 0.3) is 0 Å². The zero-order valence-electron chi connectivity index (χ0n) is 20.3. The van der Waals surface area contributed by atoms with E-state index in [4.69, 9.17) is 13.0 Å². The van der Waals surface area contributed by atoms with Gasteiger partial charge >= 0.3 is 8.60 Å². The molecule has 0 aliphatic heterocycles. The fraction of sp³-hybridized carbons (Fsp3) is 1.00. The third-order valence-electron chi connectivity index (χ3n) is 5.59. The van der Waals surface area contributed by atoms with E-state index in [0.717, 1.165) is 25.7 Å². The van der Waals surface area contributed by atoms with E-state index >= 15 is 0 Å². The minimum absolute atomic E-state index is 0.170. The van der Waals surface area contributed by atoms with Gasteiger partial charge in [-0.2, -0.15) is 0 Å². The van der Waals surface area contributed by atoms with Gasteiger partial charge in [0.2, 0.25) is 0 Å². The summed E-state index contributed by atoms with van der Waals surface area (Å²) in [6.07, 6.45) is 25.5. The molecule has 0 aromatic rings. The Balaban J connectivity index is 3.61. The Kier molecular flexibility index (Phi) is 27.1. The number of hydrogen-bond donors (Lipinski definition) is 3. The van der Waals surface area contributed by atoms with Gasteiger partial charge in [0, 0.05) is 0 Å². The summed E-state index contributed by atoms with van der Waals surface area (Å²) < 4.78 is 16.7. The second kappa shape index (κ2) is 26.0. The van der Waals surface area contributed by atoms with Crippen molar-refractivity contribution in [1.29, 1.82) is 0 Å². The topological polar surface area (TPSA) is 27.7 Å². The zero-order valence-corrected chi connectivity index (χ0v) is 23.9. The van der Waals surface area contributed by atoms with Crippen molar-refractivity contribution in [2.75, 3.05) is 0 Å². The van der Waals surface area contributed by atoms with Gasteiger partial charge in [-0.3, -0.25) is 9.05 Å². The number of hydrogen-bond acceptors (Lipinski definition) is 6. The molecule has 31 heavy (non-hydrogen) atoms. The SMILES string of the molecule is CCCCCCCCCCCC(S)OP(OS)OC(S)CCCCCCCCCCC. The highest BCUT2D eigenvalue weighted by Gasteiger charge is 2.20. The van der Waals surface area contributed by atoms with Gasteiger partial charge in [0.05, 0.1) is 0 Å². The van der Waals surface area contributed by atoms with E-state index in [1.165, 1.54) is 103 Å². The van der Waals surface area contributed by atoms with Gasteiger partial charge in [-0.25, -0.2) is 3.97 Å². The van der Waals surface area contributed by atoms with Crippen LogP contribution >= 0.6 is 46.8 Å². The molecule has 0 aromatic carbocycles. The molecular weight excluding hydrogens is 463 g/mol. The fourth-order valence-corrected chi connectivity index (χ4v) is 5.42. The molecule has 2 atom stereocenters. The van der Waals surface area contributed by atoms with Crippen LogP contribution in [0, 0.1) is 0 Å². The summed E-state index contributed by atoms with van der Waals surface area (Å²) in [4.78, 5) is 0. The lowest BCUT2D eigenvalue weighted by Gasteiger charge is -2.21. The molecular formula is C24H51O3PS3. The van der Waals surface area contributed by atoms with E-state index in [1.807, 2.05) is 0 Å². The van der Waals surface area contributed by atoms with Gasteiger partial charge in [-0.15, -0.1) is 25.3 Å². The molecule has 7 heteroatoms. The minimum Gasteiger partial charge on any atom is -0.298 e. The van der Waals surface area contributed by atoms with E-state index in [1.54, 1.807) is 0 Å². The summed E-state index contributed by atoms with van der Waals surface area (Å²) in [5.74, 6) is 0. The highest BCUT2D eigenvalue weighted by Crippen LogP contribution is 2.46. The first-order valence-electron chi connectivity index (χ1n) is 12.9. The van der Waals surface area contributed by atoms with Crippen LogP contribution in [0.2, 0.25) is 0 Å². The van der Waals surface area contributed by atoms with E-state index in [0.29, 0.717) is 0 Å². The molecule has 0 rings (SSSR count). The monoisotopic (exact) mass is 514 g/mol. The second-order valence-electron chi connectivity index (χ2n) is 8.66. The van der Waals surface area contributed by atoms with Crippen molar-refractivity contribution in [1.82, 2.24) is 0 Å². The smallest absolute Gasteiger partial charge is 0.298 e. The molecule has 0 amide bonds. The molecule has 0 bridgehead atoms. The van der Waals surface area contributed by atoms with Crippen LogP contribution < -0.4 is 0 Å². The average Bonchev–Trinajstić information content (AvgIpc) is 2.76. The van der Waals surface area contributed by atoms with Crippen LogP contribution in [-0.4, -0.2) is 10.9 Å². The minimum atomic E-state index is -1.50. The molecule has 0 heterocycles.